The van der Waals surface area contributed by atoms with E-state index in [0.717, 1.165) is 33.8 Å². The van der Waals surface area contributed by atoms with Crippen molar-refractivity contribution < 1.29 is 14.3 Å². The molecule has 3 aromatic carbocycles. The third-order valence-corrected chi connectivity index (χ3v) is 5.79. The maximum atomic E-state index is 12.1. The molecule has 0 aliphatic heterocycles. The molecule has 146 valence electrons. The Bertz CT molecular complexity index is 1030. The second kappa shape index (κ2) is 9.10. The van der Waals surface area contributed by atoms with Gasteiger partial charge in [0.2, 0.25) is 0 Å². The summed E-state index contributed by atoms with van der Waals surface area (Å²) in [5.74, 6) is 1.63. The molecule has 0 fully saturated rings. The quantitative estimate of drug-likeness (QED) is 0.424. The number of halogens is 1. The van der Waals surface area contributed by atoms with Gasteiger partial charge in [0.25, 0.3) is 0 Å². The summed E-state index contributed by atoms with van der Waals surface area (Å²) in [6.45, 7) is 0.959. The van der Waals surface area contributed by atoms with Crippen LogP contribution in [0.1, 0.15) is 29.5 Å². The van der Waals surface area contributed by atoms with Gasteiger partial charge in [-0.05, 0) is 57.2 Å². The predicted molar refractivity (Wildman–Crippen MR) is 118 cm³/mol. The molecule has 1 aliphatic rings. The highest BCUT2D eigenvalue weighted by atomic mass is 79.9. The van der Waals surface area contributed by atoms with Crippen molar-refractivity contribution in [2.45, 2.75) is 26.1 Å². The number of carbonyl (C=O) groups excluding carboxylic acids is 1. The zero-order valence-electron chi connectivity index (χ0n) is 15.9. The standard InChI is InChI=1S/C25H21BrO3/c26-25-21(12-13-23(25)27)22-15-20(28-16-18-7-3-1-4-8-18)11-14-24(22)29-17-19-9-5-2-6-10-19/h1-11,14-15H,12-13,16-17H2. The van der Waals surface area contributed by atoms with Gasteiger partial charge in [-0.2, -0.15) is 0 Å². The molecule has 3 nitrogen and oxygen atoms in total. The van der Waals surface area contributed by atoms with Crippen molar-refractivity contribution in [1.82, 2.24) is 0 Å². The number of carbonyl (C=O) groups is 1. The minimum absolute atomic E-state index is 0.129. The normalized spacial score (nSPS) is 13.6. The van der Waals surface area contributed by atoms with Gasteiger partial charge in [-0.15, -0.1) is 0 Å². The smallest absolute Gasteiger partial charge is 0.170 e. The van der Waals surface area contributed by atoms with Crippen LogP contribution in [0.15, 0.2) is 83.3 Å². The topological polar surface area (TPSA) is 35.5 Å². The van der Waals surface area contributed by atoms with Crippen LogP contribution in [0, 0.1) is 0 Å². The van der Waals surface area contributed by atoms with Crippen LogP contribution in [0.4, 0.5) is 0 Å². The van der Waals surface area contributed by atoms with Crippen molar-refractivity contribution in [2.75, 3.05) is 0 Å². The summed E-state index contributed by atoms with van der Waals surface area (Å²) < 4.78 is 12.7. The molecule has 0 unspecified atom stereocenters. The molecule has 0 saturated heterocycles. The number of hydrogen-bond acceptors (Lipinski definition) is 3. The highest BCUT2D eigenvalue weighted by molar-refractivity contribution is 9.12. The molecule has 0 spiro atoms. The first-order chi connectivity index (χ1) is 14.2. The zero-order valence-corrected chi connectivity index (χ0v) is 17.5. The second-order valence-corrected chi connectivity index (χ2v) is 7.72. The van der Waals surface area contributed by atoms with E-state index >= 15 is 0 Å². The minimum atomic E-state index is 0.129. The first-order valence-electron chi connectivity index (χ1n) is 9.60. The summed E-state index contributed by atoms with van der Waals surface area (Å²) >= 11 is 3.47. The monoisotopic (exact) mass is 448 g/mol. The van der Waals surface area contributed by atoms with E-state index < -0.39 is 0 Å². The van der Waals surface area contributed by atoms with Crippen molar-refractivity contribution >= 4 is 27.3 Å². The molecule has 0 N–H and O–H groups in total. The molecule has 3 aromatic rings. The fourth-order valence-electron chi connectivity index (χ4n) is 3.32. The lowest BCUT2D eigenvalue weighted by Crippen LogP contribution is -2.00. The second-order valence-electron chi connectivity index (χ2n) is 6.92. The highest BCUT2D eigenvalue weighted by Crippen LogP contribution is 2.40. The summed E-state index contributed by atoms with van der Waals surface area (Å²) in [7, 11) is 0. The molecule has 4 rings (SSSR count). The Labute approximate surface area is 179 Å². The largest absolute Gasteiger partial charge is 0.489 e. The van der Waals surface area contributed by atoms with Gasteiger partial charge < -0.3 is 9.47 Å². The third-order valence-electron chi connectivity index (χ3n) is 4.87. The maximum Gasteiger partial charge on any atom is 0.170 e. The van der Waals surface area contributed by atoms with E-state index in [1.54, 1.807) is 0 Å². The number of ether oxygens (including phenoxy) is 2. The van der Waals surface area contributed by atoms with Crippen LogP contribution in [0.2, 0.25) is 0 Å². The summed E-state index contributed by atoms with van der Waals surface area (Å²) in [5.41, 5.74) is 4.08. The van der Waals surface area contributed by atoms with Crippen LogP contribution in [0.25, 0.3) is 5.57 Å². The van der Waals surface area contributed by atoms with Crippen molar-refractivity contribution in [1.29, 1.82) is 0 Å². The molecule has 0 radical (unpaired) electrons. The molecule has 0 heterocycles. The lowest BCUT2D eigenvalue weighted by molar-refractivity contribution is -0.114. The van der Waals surface area contributed by atoms with Gasteiger partial charge in [-0.25, -0.2) is 0 Å². The third kappa shape index (κ3) is 4.77. The number of Topliss-reactive ketones (excluding diaryl/α,β-unsaturated/α-hetero) is 1. The molecule has 4 heteroatoms. The fourth-order valence-corrected chi connectivity index (χ4v) is 3.93. The summed E-state index contributed by atoms with van der Waals surface area (Å²) in [6.07, 6.45) is 1.21. The van der Waals surface area contributed by atoms with Crippen molar-refractivity contribution in [2.24, 2.45) is 0 Å². The van der Waals surface area contributed by atoms with Gasteiger partial charge in [0.15, 0.2) is 5.78 Å². The zero-order chi connectivity index (χ0) is 20.1. The van der Waals surface area contributed by atoms with Crippen LogP contribution in [-0.4, -0.2) is 5.78 Å². The Morgan fingerprint density at radius 3 is 1.97 bits per heavy atom. The Balaban J connectivity index is 1.59. The molecular weight excluding hydrogens is 428 g/mol. The predicted octanol–water partition coefficient (Wildman–Crippen LogP) is 6.31. The molecule has 0 aromatic heterocycles. The molecule has 0 bridgehead atoms. The number of hydrogen-bond donors (Lipinski definition) is 0. The van der Waals surface area contributed by atoms with Gasteiger partial charge in [-0.3, -0.25) is 4.79 Å². The SMILES string of the molecule is O=C1CCC(c2cc(OCc3ccccc3)ccc2OCc2ccccc2)=C1Br. The van der Waals surface area contributed by atoms with Gasteiger partial charge >= 0.3 is 0 Å². The van der Waals surface area contributed by atoms with Gasteiger partial charge in [-0.1, -0.05) is 60.7 Å². The lowest BCUT2D eigenvalue weighted by atomic mass is 10.0. The molecular formula is C25H21BrO3. The van der Waals surface area contributed by atoms with Crippen LogP contribution >= 0.6 is 15.9 Å². The number of ketones is 1. The number of allylic oxidation sites excluding steroid dienone is 2. The molecule has 1 aliphatic carbocycles. The van der Waals surface area contributed by atoms with Gasteiger partial charge in [0, 0.05) is 12.0 Å². The summed E-state index contributed by atoms with van der Waals surface area (Å²) in [4.78, 5) is 12.1. The molecule has 0 atom stereocenters. The van der Waals surface area contributed by atoms with Crippen LogP contribution < -0.4 is 9.47 Å². The average Bonchev–Trinajstić information content (AvgIpc) is 3.11. The minimum Gasteiger partial charge on any atom is -0.489 e. The Hall–Kier alpha value is -2.85. The Morgan fingerprint density at radius 2 is 1.38 bits per heavy atom. The van der Waals surface area contributed by atoms with Gasteiger partial charge in [0.05, 0.1) is 4.48 Å². The average molecular weight is 449 g/mol. The van der Waals surface area contributed by atoms with E-state index in [1.165, 1.54) is 0 Å². The van der Waals surface area contributed by atoms with Crippen molar-refractivity contribution in [3.63, 3.8) is 0 Å². The van der Waals surface area contributed by atoms with E-state index in [0.29, 0.717) is 30.5 Å². The summed E-state index contributed by atoms with van der Waals surface area (Å²) in [5, 5.41) is 0. The van der Waals surface area contributed by atoms with Crippen molar-refractivity contribution in [3.05, 3.63) is 100 Å². The molecule has 29 heavy (non-hydrogen) atoms. The number of benzene rings is 3. The molecule has 0 amide bonds. The Morgan fingerprint density at radius 1 is 0.759 bits per heavy atom. The summed E-state index contributed by atoms with van der Waals surface area (Å²) in [6, 6.07) is 25.9. The fraction of sp³-hybridized carbons (Fsp3) is 0.160. The van der Waals surface area contributed by atoms with Crippen LogP contribution in [-0.2, 0) is 18.0 Å². The highest BCUT2D eigenvalue weighted by Gasteiger charge is 2.24. The van der Waals surface area contributed by atoms with Gasteiger partial charge in [0.1, 0.15) is 24.7 Å². The van der Waals surface area contributed by atoms with E-state index in [2.05, 4.69) is 15.9 Å². The lowest BCUT2D eigenvalue weighted by Gasteiger charge is -2.15. The maximum absolute atomic E-state index is 12.1. The number of rotatable bonds is 7. The first-order valence-corrected chi connectivity index (χ1v) is 10.4. The molecule has 0 saturated carbocycles. The van der Waals surface area contributed by atoms with E-state index in [9.17, 15) is 4.79 Å². The van der Waals surface area contributed by atoms with E-state index in [-0.39, 0.29) is 5.78 Å². The van der Waals surface area contributed by atoms with E-state index in [4.69, 9.17) is 9.47 Å². The van der Waals surface area contributed by atoms with E-state index in [1.807, 2.05) is 78.9 Å². The van der Waals surface area contributed by atoms with Crippen molar-refractivity contribution in [3.8, 4) is 11.5 Å². The first kappa shape index (κ1) is 19.5. The van der Waals surface area contributed by atoms with Crippen LogP contribution in [0.3, 0.4) is 0 Å². The van der Waals surface area contributed by atoms with Crippen LogP contribution in [0.5, 0.6) is 11.5 Å². The Kier molecular flexibility index (Phi) is 6.11.